The van der Waals surface area contributed by atoms with E-state index in [4.69, 9.17) is 4.74 Å². The number of hydrogen-bond donors (Lipinski definition) is 1. The van der Waals surface area contributed by atoms with Crippen molar-refractivity contribution in [2.45, 2.75) is 19.6 Å². The van der Waals surface area contributed by atoms with Gasteiger partial charge in [0.15, 0.2) is 0 Å². The van der Waals surface area contributed by atoms with Crippen LogP contribution in [0.15, 0.2) is 35.2 Å². The predicted octanol–water partition coefficient (Wildman–Crippen LogP) is 2.30. The smallest absolute Gasteiger partial charge is 0.252 e. The third-order valence-corrected chi connectivity index (χ3v) is 4.29. The first-order valence-corrected chi connectivity index (χ1v) is 8.28. The van der Waals surface area contributed by atoms with Crippen LogP contribution in [-0.2, 0) is 11.3 Å². The van der Waals surface area contributed by atoms with Crippen molar-refractivity contribution in [3.63, 3.8) is 0 Å². The van der Waals surface area contributed by atoms with E-state index < -0.39 is 0 Å². The van der Waals surface area contributed by atoms with Crippen molar-refractivity contribution in [3.05, 3.63) is 46.3 Å². The first-order chi connectivity index (χ1) is 10.7. The van der Waals surface area contributed by atoms with Crippen LogP contribution in [0, 0.1) is 0 Å². The van der Waals surface area contributed by atoms with E-state index in [9.17, 15) is 4.79 Å². The van der Waals surface area contributed by atoms with E-state index in [1.165, 1.54) is 11.3 Å². The molecule has 2 aromatic rings. The average Bonchev–Trinajstić information content (AvgIpc) is 3.08. The highest BCUT2D eigenvalue weighted by molar-refractivity contribution is 7.08. The van der Waals surface area contributed by atoms with Crippen molar-refractivity contribution >= 4 is 23.1 Å². The fourth-order valence-corrected chi connectivity index (χ4v) is 3.05. The van der Waals surface area contributed by atoms with E-state index >= 15 is 0 Å². The van der Waals surface area contributed by atoms with Crippen LogP contribution in [0.4, 0.5) is 5.82 Å². The molecule has 0 aliphatic carbocycles. The summed E-state index contributed by atoms with van der Waals surface area (Å²) < 4.78 is 5.54. The molecule has 6 heteroatoms. The van der Waals surface area contributed by atoms with Crippen molar-refractivity contribution < 1.29 is 9.53 Å². The normalized spacial score (nSPS) is 18.2. The summed E-state index contributed by atoms with van der Waals surface area (Å²) in [6, 6.07) is 5.83. The first-order valence-electron chi connectivity index (χ1n) is 7.34. The molecule has 0 aromatic carbocycles. The second-order valence-electron chi connectivity index (χ2n) is 5.35. The van der Waals surface area contributed by atoms with Gasteiger partial charge >= 0.3 is 0 Å². The minimum Gasteiger partial charge on any atom is -0.375 e. The summed E-state index contributed by atoms with van der Waals surface area (Å²) >= 11 is 1.52. The highest BCUT2D eigenvalue weighted by Gasteiger charge is 2.17. The van der Waals surface area contributed by atoms with Crippen molar-refractivity contribution in [3.8, 4) is 0 Å². The van der Waals surface area contributed by atoms with Gasteiger partial charge in [0.1, 0.15) is 5.82 Å². The molecule has 1 atom stereocenters. The summed E-state index contributed by atoms with van der Waals surface area (Å²) in [6.45, 7) is 5.02. The standard InChI is InChI=1S/C16H19N3O2S/c1-12-10-19(5-6-21-12)15-3-2-13(8-17-15)9-18-16(20)14-4-7-22-11-14/h2-4,7-8,11-12H,5-6,9-10H2,1H3,(H,18,20). The predicted molar refractivity (Wildman–Crippen MR) is 87.4 cm³/mol. The molecule has 0 spiro atoms. The van der Waals surface area contributed by atoms with Crippen LogP contribution in [0.25, 0.3) is 0 Å². The minimum absolute atomic E-state index is 0.0488. The maximum Gasteiger partial charge on any atom is 0.252 e. The third-order valence-electron chi connectivity index (χ3n) is 3.61. The summed E-state index contributed by atoms with van der Waals surface area (Å²) in [5, 5.41) is 6.64. The van der Waals surface area contributed by atoms with E-state index in [-0.39, 0.29) is 12.0 Å². The fraction of sp³-hybridized carbons (Fsp3) is 0.375. The van der Waals surface area contributed by atoms with Gasteiger partial charge in [0, 0.05) is 36.8 Å². The number of aromatic nitrogens is 1. The topological polar surface area (TPSA) is 54.5 Å². The van der Waals surface area contributed by atoms with E-state index in [1.807, 2.05) is 35.2 Å². The molecule has 5 nitrogen and oxygen atoms in total. The number of ether oxygens (including phenoxy) is 1. The van der Waals surface area contributed by atoms with Crippen LogP contribution < -0.4 is 10.2 Å². The van der Waals surface area contributed by atoms with Crippen LogP contribution in [0.1, 0.15) is 22.8 Å². The Kier molecular flexibility index (Phi) is 4.70. The molecule has 3 rings (SSSR count). The number of rotatable bonds is 4. The van der Waals surface area contributed by atoms with Crippen molar-refractivity contribution in [1.82, 2.24) is 10.3 Å². The number of carbonyl (C=O) groups is 1. The largest absolute Gasteiger partial charge is 0.375 e. The van der Waals surface area contributed by atoms with Gasteiger partial charge in [-0.05, 0) is 30.0 Å². The van der Waals surface area contributed by atoms with Crippen LogP contribution >= 0.6 is 11.3 Å². The monoisotopic (exact) mass is 317 g/mol. The number of morpholine rings is 1. The molecule has 0 bridgehead atoms. The molecule has 1 saturated heterocycles. The number of nitrogens with one attached hydrogen (secondary N) is 1. The minimum atomic E-state index is -0.0488. The van der Waals surface area contributed by atoms with Crippen LogP contribution in [-0.4, -0.2) is 36.7 Å². The number of anilines is 1. The van der Waals surface area contributed by atoms with E-state index in [1.54, 1.807) is 0 Å². The molecule has 116 valence electrons. The van der Waals surface area contributed by atoms with Crippen LogP contribution in [0.2, 0.25) is 0 Å². The molecule has 1 aliphatic heterocycles. The SMILES string of the molecule is CC1CN(c2ccc(CNC(=O)c3ccsc3)cn2)CCO1. The Balaban J connectivity index is 1.56. The molecular formula is C16H19N3O2S. The molecule has 2 aromatic heterocycles. The maximum atomic E-state index is 11.9. The number of pyridine rings is 1. The van der Waals surface area contributed by atoms with Crippen LogP contribution in [0.3, 0.4) is 0 Å². The molecule has 3 heterocycles. The van der Waals surface area contributed by atoms with Gasteiger partial charge in [-0.2, -0.15) is 11.3 Å². The molecule has 1 fully saturated rings. The maximum absolute atomic E-state index is 11.9. The summed E-state index contributed by atoms with van der Waals surface area (Å²) in [7, 11) is 0. The molecule has 0 saturated carbocycles. The highest BCUT2D eigenvalue weighted by atomic mass is 32.1. The number of nitrogens with zero attached hydrogens (tertiary/aromatic N) is 2. The zero-order valence-corrected chi connectivity index (χ0v) is 13.3. The highest BCUT2D eigenvalue weighted by Crippen LogP contribution is 2.15. The lowest BCUT2D eigenvalue weighted by atomic mass is 10.2. The molecule has 1 N–H and O–H groups in total. The molecule has 1 unspecified atom stereocenters. The lowest BCUT2D eigenvalue weighted by Crippen LogP contribution is -2.41. The Morgan fingerprint density at radius 3 is 3.09 bits per heavy atom. The first kappa shape index (κ1) is 15.0. The van der Waals surface area contributed by atoms with Gasteiger partial charge in [-0.25, -0.2) is 4.98 Å². The quantitative estimate of drug-likeness (QED) is 0.940. The van der Waals surface area contributed by atoms with Gasteiger partial charge in [-0.15, -0.1) is 0 Å². The van der Waals surface area contributed by atoms with E-state index in [0.717, 1.165) is 31.1 Å². The summed E-state index contributed by atoms with van der Waals surface area (Å²) in [5.41, 5.74) is 1.70. The molecular weight excluding hydrogens is 298 g/mol. The number of thiophene rings is 1. The summed E-state index contributed by atoms with van der Waals surface area (Å²) in [6.07, 6.45) is 2.06. The fourth-order valence-electron chi connectivity index (χ4n) is 2.41. The molecule has 0 radical (unpaired) electrons. The van der Waals surface area contributed by atoms with Crippen molar-refractivity contribution in [2.24, 2.45) is 0 Å². The molecule has 22 heavy (non-hydrogen) atoms. The van der Waals surface area contributed by atoms with Gasteiger partial charge in [0.05, 0.1) is 12.7 Å². The zero-order chi connectivity index (χ0) is 15.4. The zero-order valence-electron chi connectivity index (χ0n) is 12.5. The van der Waals surface area contributed by atoms with E-state index in [0.29, 0.717) is 12.1 Å². The number of carbonyl (C=O) groups excluding carboxylic acids is 1. The number of hydrogen-bond acceptors (Lipinski definition) is 5. The van der Waals surface area contributed by atoms with Gasteiger partial charge in [-0.1, -0.05) is 6.07 Å². The second-order valence-corrected chi connectivity index (χ2v) is 6.13. The number of amides is 1. The van der Waals surface area contributed by atoms with Gasteiger partial charge < -0.3 is 15.0 Å². The van der Waals surface area contributed by atoms with Gasteiger partial charge in [0.25, 0.3) is 5.91 Å². The van der Waals surface area contributed by atoms with Crippen molar-refractivity contribution in [1.29, 1.82) is 0 Å². The van der Waals surface area contributed by atoms with Gasteiger partial charge in [-0.3, -0.25) is 4.79 Å². The lowest BCUT2D eigenvalue weighted by Gasteiger charge is -2.32. The summed E-state index contributed by atoms with van der Waals surface area (Å²) in [5.74, 6) is 0.912. The Hall–Kier alpha value is -1.92. The summed E-state index contributed by atoms with van der Waals surface area (Å²) in [4.78, 5) is 18.6. The molecule has 1 aliphatic rings. The Morgan fingerprint density at radius 2 is 2.41 bits per heavy atom. The lowest BCUT2D eigenvalue weighted by molar-refractivity contribution is 0.0529. The Bertz CT molecular complexity index is 613. The van der Waals surface area contributed by atoms with E-state index in [2.05, 4.69) is 22.1 Å². The van der Waals surface area contributed by atoms with Crippen molar-refractivity contribution in [2.75, 3.05) is 24.6 Å². The second kappa shape index (κ2) is 6.89. The molecule has 1 amide bonds. The Labute approximate surface area is 133 Å². The van der Waals surface area contributed by atoms with Gasteiger partial charge in [0.2, 0.25) is 0 Å². The van der Waals surface area contributed by atoms with Crippen LogP contribution in [0.5, 0.6) is 0 Å². The average molecular weight is 317 g/mol. The third kappa shape index (κ3) is 3.64. The Morgan fingerprint density at radius 1 is 1.50 bits per heavy atom.